The molecule has 0 aliphatic heterocycles. The lowest BCUT2D eigenvalue weighted by molar-refractivity contribution is 1.56. The molecular formula is C20H16. The minimum atomic E-state index is 1.16. The Bertz CT molecular complexity index is 710. The first-order valence-electron chi connectivity index (χ1n) is 6.76. The fourth-order valence-corrected chi connectivity index (χ4v) is 2.53. The molecule has 3 aromatic carbocycles. The van der Waals surface area contributed by atoms with E-state index in [1.165, 1.54) is 22.3 Å². The SMILES string of the molecule is C=Cc1cccc(-c2ccccc2)c1-c1ccccc1. The first-order chi connectivity index (χ1) is 9.90. The smallest absolute Gasteiger partial charge is 0.00331 e. The van der Waals surface area contributed by atoms with Crippen LogP contribution in [0.5, 0.6) is 0 Å². The van der Waals surface area contributed by atoms with Crippen molar-refractivity contribution in [2.45, 2.75) is 0 Å². The molecule has 0 saturated heterocycles. The molecule has 0 bridgehead atoms. The van der Waals surface area contributed by atoms with E-state index < -0.39 is 0 Å². The highest BCUT2D eigenvalue weighted by Crippen LogP contribution is 2.35. The summed E-state index contributed by atoms with van der Waals surface area (Å²) in [4.78, 5) is 0. The molecule has 3 rings (SSSR count). The maximum absolute atomic E-state index is 3.95. The van der Waals surface area contributed by atoms with E-state index in [1.54, 1.807) is 0 Å². The highest BCUT2D eigenvalue weighted by molar-refractivity contribution is 5.89. The summed E-state index contributed by atoms with van der Waals surface area (Å²) in [5.41, 5.74) is 6.11. The molecule has 0 aliphatic carbocycles. The highest BCUT2D eigenvalue weighted by Gasteiger charge is 2.09. The lowest BCUT2D eigenvalue weighted by Gasteiger charge is -2.13. The molecule has 0 aliphatic rings. The van der Waals surface area contributed by atoms with Crippen LogP contribution in [0.15, 0.2) is 85.4 Å². The van der Waals surface area contributed by atoms with Gasteiger partial charge in [-0.2, -0.15) is 0 Å². The van der Waals surface area contributed by atoms with Crippen molar-refractivity contribution >= 4 is 6.08 Å². The van der Waals surface area contributed by atoms with Crippen LogP contribution < -0.4 is 0 Å². The Balaban J connectivity index is 2.29. The molecule has 0 spiro atoms. The van der Waals surface area contributed by atoms with Crippen molar-refractivity contribution in [3.05, 3.63) is 91.0 Å². The summed E-state index contributed by atoms with van der Waals surface area (Å²) in [5.74, 6) is 0. The van der Waals surface area contributed by atoms with Crippen LogP contribution in [-0.4, -0.2) is 0 Å². The monoisotopic (exact) mass is 256 g/mol. The molecule has 0 atom stereocenters. The van der Waals surface area contributed by atoms with Crippen LogP contribution in [0.4, 0.5) is 0 Å². The largest absolute Gasteiger partial charge is 0.0984 e. The predicted molar refractivity (Wildman–Crippen MR) is 87.4 cm³/mol. The first kappa shape index (κ1) is 12.4. The summed E-state index contributed by atoms with van der Waals surface area (Å²) in [6.45, 7) is 3.95. The molecule has 96 valence electrons. The highest BCUT2D eigenvalue weighted by atomic mass is 14.1. The maximum Gasteiger partial charge on any atom is -0.00331 e. The summed E-state index contributed by atoms with van der Waals surface area (Å²) in [6, 6.07) is 27.3. The Morgan fingerprint density at radius 1 is 0.600 bits per heavy atom. The summed E-state index contributed by atoms with van der Waals surface area (Å²) in [6.07, 6.45) is 1.93. The van der Waals surface area contributed by atoms with Gasteiger partial charge in [-0.15, -0.1) is 0 Å². The molecule has 0 radical (unpaired) electrons. The molecule has 3 aromatic rings. The summed E-state index contributed by atoms with van der Waals surface area (Å²) < 4.78 is 0. The minimum absolute atomic E-state index is 1.16. The molecule has 0 saturated carbocycles. The van der Waals surface area contributed by atoms with Gasteiger partial charge < -0.3 is 0 Å². The Kier molecular flexibility index (Phi) is 3.47. The third-order valence-electron chi connectivity index (χ3n) is 3.46. The first-order valence-corrected chi connectivity index (χ1v) is 6.76. The Morgan fingerprint density at radius 2 is 1.20 bits per heavy atom. The van der Waals surface area contributed by atoms with Gasteiger partial charge in [0.25, 0.3) is 0 Å². The van der Waals surface area contributed by atoms with Crippen LogP contribution >= 0.6 is 0 Å². The lowest BCUT2D eigenvalue weighted by atomic mass is 9.90. The van der Waals surface area contributed by atoms with Gasteiger partial charge in [-0.1, -0.05) is 91.5 Å². The Morgan fingerprint density at radius 3 is 1.80 bits per heavy atom. The van der Waals surface area contributed by atoms with E-state index in [2.05, 4.69) is 73.3 Å². The molecule has 0 heterocycles. The second-order valence-electron chi connectivity index (χ2n) is 4.71. The second kappa shape index (κ2) is 5.58. The average Bonchev–Trinajstić information content (AvgIpc) is 2.55. The van der Waals surface area contributed by atoms with Crippen molar-refractivity contribution in [3.63, 3.8) is 0 Å². The van der Waals surface area contributed by atoms with Crippen LogP contribution in [0, 0.1) is 0 Å². The predicted octanol–water partition coefficient (Wildman–Crippen LogP) is 5.66. The van der Waals surface area contributed by atoms with Crippen LogP contribution in [0.2, 0.25) is 0 Å². The van der Waals surface area contributed by atoms with E-state index in [0.717, 1.165) is 5.56 Å². The molecule has 0 unspecified atom stereocenters. The van der Waals surface area contributed by atoms with Gasteiger partial charge in [-0.3, -0.25) is 0 Å². The van der Waals surface area contributed by atoms with Gasteiger partial charge in [-0.25, -0.2) is 0 Å². The van der Waals surface area contributed by atoms with E-state index in [1.807, 2.05) is 18.2 Å². The fourth-order valence-electron chi connectivity index (χ4n) is 2.53. The molecule has 0 N–H and O–H groups in total. The third kappa shape index (κ3) is 2.28. The molecule has 0 fully saturated rings. The van der Waals surface area contributed by atoms with Crippen molar-refractivity contribution in [3.8, 4) is 22.3 Å². The van der Waals surface area contributed by atoms with Crippen molar-refractivity contribution < 1.29 is 0 Å². The second-order valence-corrected chi connectivity index (χ2v) is 4.71. The van der Waals surface area contributed by atoms with Gasteiger partial charge in [0.15, 0.2) is 0 Å². The average molecular weight is 256 g/mol. The zero-order valence-corrected chi connectivity index (χ0v) is 11.3. The number of hydrogen-bond acceptors (Lipinski definition) is 0. The zero-order chi connectivity index (χ0) is 13.8. The summed E-state index contributed by atoms with van der Waals surface area (Å²) in [5, 5.41) is 0. The Labute approximate surface area is 120 Å². The van der Waals surface area contributed by atoms with Crippen LogP contribution in [-0.2, 0) is 0 Å². The van der Waals surface area contributed by atoms with Crippen LogP contribution in [0.25, 0.3) is 28.3 Å². The van der Waals surface area contributed by atoms with Gasteiger partial charge in [0.2, 0.25) is 0 Å². The van der Waals surface area contributed by atoms with E-state index in [9.17, 15) is 0 Å². The summed E-state index contributed by atoms with van der Waals surface area (Å²) in [7, 11) is 0. The summed E-state index contributed by atoms with van der Waals surface area (Å²) >= 11 is 0. The van der Waals surface area contributed by atoms with E-state index >= 15 is 0 Å². The Hall–Kier alpha value is -2.60. The van der Waals surface area contributed by atoms with Crippen molar-refractivity contribution in [2.75, 3.05) is 0 Å². The molecule has 0 heteroatoms. The van der Waals surface area contributed by atoms with Gasteiger partial charge in [0.05, 0.1) is 0 Å². The number of hydrogen-bond donors (Lipinski definition) is 0. The standard InChI is InChI=1S/C20H16/c1-2-16-14-9-15-19(17-10-5-3-6-11-17)20(16)18-12-7-4-8-13-18/h2-15H,1H2. The lowest BCUT2D eigenvalue weighted by Crippen LogP contribution is -1.88. The topological polar surface area (TPSA) is 0 Å². The number of rotatable bonds is 3. The zero-order valence-electron chi connectivity index (χ0n) is 11.3. The van der Waals surface area contributed by atoms with Crippen molar-refractivity contribution in [1.82, 2.24) is 0 Å². The minimum Gasteiger partial charge on any atom is -0.0984 e. The van der Waals surface area contributed by atoms with Gasteiger partial charge in [0, 0.05) is 0 Å². The third-order valence-corrected chi connectivity index (χ3v) is 3.46. The van der Waals surface area contributed by atoms with E-state index in [4.69, 9.17) is 0 Å². The van der Waals surface area contributed by atoms with Crippen molar-refractivity contribution in [2.24, 2.45) is 0 Å². The maximum atomic E-state index is 3.95. The van der Waals surface area contributed by atoms with E-state index in [0.29, 0.717) is 0 Å². The fraction of sp³-hybridized carbons (Fsp3) is 0. The molecule has 20 heavy (non-hydrogen) atoms. The quantitative estimate of drug-likeness (QED) is 0.567. The van der Waals surface area contributed by atoms with Crippen LogP contribution in [0.1, 0.15) is 5.56 Å². The van der Waals surface area contributed by atoms with Gasteiger partial charge in [-0.05, 0) is 27.8 Å². The van der Waals surface area contributed by atoms with Crippen LogP contribution in [0.3, 0.4) is 0 Å². The molecule has 0 amide bonds. The molecular weight excluding hydrogens is 240 g/mol. The van der Waals surface area contributed by atoms with Gasteiger partial charge >= 0.3 is 0 Å². The van der Waals surface area contributed by atoms with E-state index in [-0.39, 0.29) is 0 Å². The molecule has 0 nitrogen and oxygen atoms in total. The molecule has 0 aromatic heterocycles. The normalized spacial score (nSPS) is 10.2. The van der Waals surface area contributed by atoms with Crippen molar-refractivity contribution in [1.29, 1.82) is 0 Å². The number of benzene rings is 3. The van der Waals surface area contributed by atoms with Gasteiger partial charge in [0.1, 0.15) is 0 Å².